The summed E-state index contributed by atoms with van der Waals surface area (Å²) in [6.45, 7) is 6.35. The van der Waals surface area contributed by atoms with Gasteiger partial charge in [0.15, 0.2) is 9.84 Å². The second-order valence-corrected chi connectivity index (χ2v) is 16.9. The van der Waals surface area contributed by atoms with Crippen LogP contribution in [0.4, 0.5) is 17.1 Å². The van der Waals surface area contributed by atoms with E-state index in [0.29, 0.717) is 35.1 Å². The molecule has 2 aromatic heterocycles. The predicted molar refractivity (Wildman–Crippen MR) is 217 cm³/mol. The Morgan fingerprint density at radius 1 is 0.807 bits per heavy atom. The zero-order chi connectivity index (χ0) is 40.4. The van der Waals surface area contributed by atoms with Gasteiger partial charge in [-0.3, -0.25) is 29.7 Å². The molecule has 2 heterocycles. The molecule has 5 aromatic rings. The lowest BCUT2D eigenvalue weighted by Crippen LogP contribution is -2.29. The van der Waals surface area contributed by atoms with Crippen LogP contribution in [0.2, 0.25) is 0 Å². The number of amides is 2. The van der Waals surface area contributed by atoms with Gasteiger partial charge in [-0.25, -0.2) is 8.42 Å². The molecule has 2 aliphatic carbocycles. The normalized spacial score (nSPS) is 14.5. The Bertz CT molecular complexity index is 2480. The van der Waals surface area contributed by atoms with Gasteiger partial charge in [0.2, 0.25) is 0 Å². The molecule has 2 fully saturated rings. The van der Waals surface area contributed by atoms with E-state index in [1.165, 1.54) is 18.3 Å². The molecule has 7 rings (SSSR count). The summed E-state index contributed by atoms with van der Waals surface area (Å²) in [7, 11) is -3.84. The lowest BCUT2D eigenvalue weighted by Gasteiger charge is -2.17. The van der Waals surface area contributed by atoms with E-state index in [9.17, 15) is 33.2 Å². The summed E-state index contributed by atoms with van der Waals surface area (Å²) < 4.78 is 26.5. The Kier molecular flexibility index (Phi) is 11.3. The van der Waals surface area contributed by atoms with E-state index in [1.54, 1.807) is 18.3 Å². The van der Waals surface area contributed by atoms with Crippen molar-refractivity contribution in [2.45, 2.75) is 81.5 Å². The Hall–Kier alpha value is -5.83. The fourth-order valence-electron chi connectivity index (χ4n) is 6.97. The van der Waals surface area contributed by atoms with E-state index in [1.807, 2.05) is 57.2 Å². The molecule has 1 atom stereocenters. The Morgan fingerprint density at radius 2 is 1.30 bits per heavy atom. The highest BCUT2D eigenvalue weighted by Crippen LogP contribution is 2.43. The molecule has 0 bridgehead atoms. The molecular weight excluding hydrogens is 745 g/mol. The predicted octanol–water partition coefficient (Wildman–Crippen LogP) is 7.37. The van der Waals surface area contributed by atoms with Crippen LogP contribution in [-0.2, 0) is 22.1 Å². The molecule has 0 aliphatic heterocycles. The molecular formula is C43H44N6O7S. The number of sulfone groups is 1. The highest BCUT2D eigenvalue weighted by Gasteiger charge is 2.30. The number of hydrogen-bond donors (Lipinski definition) is 4. The number of non-ortho nitro benzene ring substituents is 1. The molecule has 14 heteroatoms. The van der Waals surface area contributed by atoms with Crippen LogP contribution >= 0.6 is 0 Å². The first-order chi connectivity index (χ1) is 27.3. The molecule has 2 saturated carbocycles. The van der Waals surface area contributed by atoms with Crippen molar-refractivity contribution in [1.29, 1.82) is 0 Å². The summed E-state index contributed by atoms with van der Waals surface area (Å²) in [5, 5.41) is 29.8. The number of aliphatic hydroxyl groups is 1. The van der Waals surface area contributed by atoms with E-state index < -0.39 is 20.7 Å². The number of carbonyl (C=O) groups excluding carboxylic acids is 2. The highest BCUT2D eigenvalue weighted by molar-refractivity contribution is 7.90. The van der Waals surface area contributed by atoms with Crippen LogP contribution in [0, 0.1) is 24.0 Å². The number of nitrogens with one attached hydrogen (secondary N) is 3. The van der Waals surface area contributed by atoms with Crippen molar-refractivity contribution in [3.8, 4) is 11.1 Å². The standard InChI is InChI=1S/C43H44N6O7S/c1-25(23-50)44-20-30-21-45-40(18-36(30)28-10-11-28)42(51)47-38-8-4-6-34(26(38)2)35-7-5-9-39(27(35)3)48-43(52)41-19-37(29-12-13-29)31(22-46-41)24-57(55,56)33-16-14-32(15-17-33)49(53)54/h4-9,14-19,21-22,25,28-29,44,50H,10-13,20,23-24H2,1-3H3,(H,47,51)(H,48,52)/t25-/m0/s1. The quantitative estimate of drug-likeness (QED) is 0.0615. The molecule has 0 unspecified atom stereocenters. The summed E-state index contributed by atoms with van der Waals surface area (Å²) in [6.07, 6.45) is 7.05. The third-order valence-corrected chi connectivity index (χ3v) is 12.3. The Labute approximate surface area is 331 Å². The minimum atomic E-state index is -3.84. The van der Waals surface area contributed by atoms with Gasteiger partial charge in [0.05, 0.1) is 22.2 Å². The van der Waals surface area contributed by atoms with Gasteiger partial charge in [-0.15, -0.1) is 0 Å². The summed E-state index contributed by atoms with van der Waals surface area (Å²) in [6, 6.07) is 19.6. The number of nitro benzene ring substituents is 1. The second kappa shape index (κ2) is 16.3. The van der Waals surface area contributed by atoms with Crippen molar-refractivity contribution in [1.82, 2.24) is 15.3 Å². The van der Waals surface area contributed by atoms with Crippen LogP contribution in [-0.4, -0.2) is 52.9 Å². The van der Waals surface area contributed by atoms with Crippen LogP contribution in [0.5, 0.6) is 0 Å². The number of pyridine rings is 2. The number of aromatic nitrogens is 2. The third kappa shape index (κ3) is 8.93. The largest absolute Gasteiger partial charge is 0.395 e. The average molecular weight is 789 g/mol. The minimum absolute atomic E-state index is 0.0289. The zero-order valence-electron chi connectivity index (χ0n) is 31.9. The van der Waals surface area contributed by atoms with Gasteiger partial charge in [0.25, 0.3) is 17.5 Å². The maximum Gasteiger partial charge on any atom is 0.274 e. The van der Waals surface area contributed by atoms with Gasteiger partial charge < -0.3 is 21.1 Å². The molecule has 3 aromatic carbocycles. The number of aliphatic hydroxyl groups excluding tert-OH is 1. The lowest BCUT2D eigenvalue weighted by atomic mass is 9.94. The van der Waals surface area contributed by atoms with E-state index >= 15 is 0 Å². The second-order valence-electron chi connectivity index (χ2n) is 14.9. The molecule has 2 amide bonds. The molecule has 0 radical (unpaired) electrons. The lowest BCUT2D eigenvalue weighted by molar-refractivity contribution is -0.384. The SMILES string of the molecule is Cc1c(NC(=O)c2cc(C3CC3)c(CN[C@@H](C)CO)cn2)cccc1-c1cccc(NC(=O)c2cc(C3CC3)c(CS(=O)(=O)c3ccc([N+](=O)[O-])cc3)cn2)c1C. The average Bonchev–Trinajstić information content (AvgIpc) is 4.14. The van der Waals surface area contributed by atoms with Crippen molar-refractivity contribution >= 4 is 38.7 Å². The van der Waals surface area contributed by atoms with Gasteiger partial charge >= 0.3 is 0 Å². The maximum atomic E-state index is 13.6. The molecule has 2 aliphatic rings. The number of benzene rings is 3. The number of rotatable bonds is 15. The fraction of sp³-hybridized carbons (Fsp3) is 0.302. The monoisotopic (exact) mass is 788 g/mol. The number of nitrogens with zero attached hydrogens (tertiary/aromatic N) is 3. The van der Waals surface area contributed by atoms with Gasteiger partial charge in [-0.2, -0.15) is 0 Å². The highest BCUT2D eigenvalue weighted by atomic mass is 32.2. The zero-order valence-corrected chi connectivity index (χ0v) is 32.7. The van der Waals surface area contributed by atoms with Gasteiger partial charge in [-0.05, 0) is 139 Å². The topological polar surface area (TPSA) is 194 Å². The van der Waals surface area contributed by atoms with Crippen molar-refractivity contribution in [3.63, 3.8) is 0 Å². The summed E-state index contributed by atoms with van der Waals surface area (Å²) in [5.41, 5.74) is 8.26. The van der Waals surface area contributed by atoms with Crippen LogP contribution < -0.4 is 16.0 Å². The van der Waals surface area contributed by atoms with Crippen molar-refractivity contribution < 1.29 is 28.0 Å². The van der Waals surface area contributed by atoms with Gasteiger partial charge in [0.1, 0.15) is 11.4 Å². The van der Waals surface area contributed by atoms with Crippen molar-refractivity contribution in [3.05, 3.63) is 140 Å². The number of anilines is 2. The summed E-state index contributed by atoms with van der Waals surface area (Å²) in [4.78, 5) is 46.5. The van der Waals surface area contributed by atoms with E-state index in [0.717, 1.165) is 76.8 Å². The first-order valence-electron chi connectivity index (χ1n) is 18.9. The van der Waals surface area contributed by atoms with Crippen LogP contribution in [0.1, 0.15) is 98.8 Å². The van der Waals surface area contributed by atoms with E-state index in [-0.39, 0.29) is 46.5 Å². The number of carbonyl (C=O) groups is 2. The molecule has 294 valence electrons. The molecule has 0 saturated heterocycles. The first-order valence-corrected chi connectivity index (χ1v) is 20.6. The summed E-state index contributed by atoms with van der Waals surface area (Å²) in [5.74, 6) is -0.592. The minimum Gasteiger partial charge on any atom is -0.395 e. The molecule has 13 nitrogen and oxygen atoms in total. The van der Waals surface area contributed by atoms with Crippen LogP contribution in [0.15, 0.2) is 90.1 Å². The Balaban J connectivity index is 1.07. The third-order valence-electron chi connectivity index (χ3n) is 10.7. The van der Waals surface area contributed by atoms with E-state index in [2.05, 4.69) is 25.9 Å². The number of nitro groups is 1. The van der Waals surface area contributed by atoms with Gasteiger partial charge in [0, 0.05) is 48.5 Å². The summed E-state index contributed by atoms with van der Waals surface area (Å²) >= 11 is 0. The smallest absolute Gasteiger partial charge is 0.274 e. The maximum absolute atomic E-state index is 13.6. The molecule has 57 heavy (non-hydrogen) atoms. The van der Waals surface area contributed by atoms with Crippen molar-refractivity contribution in [2.75, 3.05) is 17.2 Å². The molecule has 4 N–H and O–H groups in total. The number of hydrogen-bond acceptors (Lipinski definition) is 10. The van der Waals surface area contributed by atoms with Crippen LogP contribution in [0.3, 0.4) is 0 Å². The van der Waals surface area contributed by atoms with Gasteiger partial charge in [-0.1, -0.05) is 24.3 Å². The van der Waals surface area contributed by atoms with Crippen LogP contribution in [0.25, 0.3) is 11.1 Å². The van der Waals surface area contributed by atoms with Crippen molar-refractivity contribution in [2.24, 2.45) is 0 Å². The van der Waals surface area contributed by atoms with E-state index in [4.69, 9.17) is 0 Å². The molecule has 0 spiro atoms. The first kappa shape index (κ1) is 39.4. The fourth-order valence-corrected chi connectivity index (χ4v) is 8.34. The Morgan fingerprint density at radius 3 is 1.77 bits per heavy atom.